The largest absolute Gasteiger partial charge is 0.496 e. The summed E-state index contributed by atoms with van der Waals surface area (Å²) in [5.41, 5.74) is 6.48. The number of nitrogens with two attached hydrogens (primary N) is 1. The maximum atomic E-state index is 11.8. The number of hydrogen-bond acceptors (Lipinski definition) is 4. The summed E-state index contributed by atoms with van der Waals surface area (Å²) >= 11 is 1.65. The third-order valence-corrected chi connectivity index (χ3v) is 3.67. The number of ether oxygens (including phenoxy) is 1. The third kappa shape index (κ3) is 4.76. The molecule has 2 N–H and O–H groups in total. The van der Waals surface area contributed by atoms with E-state index in [1.54, 1.807) is 23.8 Å². The van der Waals surface area contributed by atoms with Crippen LogP contribution in [-0.2, 0) is 11.3 Å². The lowest BCUT2D eigenvalue weighted by molar-refractivity contribution is -0.130. The van der Waals surface area contributed by atoms with E-state index in [4.69, 9.17) is 10.5 Å². The van der Waals surface area contributed by atoms with Crippen LogP contribution in [0.25, 0.3) is 0 Å². The molecule has 0 heterocycles. The summed E-state index contributed by atoms with van der Waals surface area (Å²) in [6.07, 6.45) is 3.25. The molecule has 0 radical (unpaired) electrons. The molecule has 0 bridgehead atoms. The van der Waals surface area contributed by atoms with E-state index in [0.717, 1.165) is 22.6 Å². The van der Waals surface area contributed by atoms with Crippen LogP contribution in [0, 0.1) is 0 Å². The minimum atomic E-state index is 0.123. The van der Waals surface area contributed by atoms with Gasteiger partial charge in [-0.05, 0) is 36.9 Å². The molecule has 0 aliphatic heterocycles. The van der Waals surface area contributed by atoms with Crippen LogP contribution in [0.1, 0.15) is 18.4 Å². The number of carbonyl (C=O) groups is 1. The average Bonchev–Trinajstić information content (AvgIpc) is 2.44. The highest BCUT2D eigenvalue weighted by molar-refractivity contribution is 7.98. The Morgan fingerprint density at radius 2 is 2.21 bits per heavy atom. The van der Waals surface area contributed by atoms with Crippen LogP contribution in [0.15, 0.2) is 23.1 Å². The average molecular weight is 282 g/mol. The Morgan fingerprint density at radius 1 is 1.47 bits per heavy atom. The van der Waals surface area contributed by atoms with Crippen molar-refractivity contribution in [2.45, 2.75) is 24.3 Å². The first-order chi connectivity index (χ1) is 9.12. The molecule has 1 aromatic rings. The number of rotatable bonds is 7. The molecule has 19 heavy (non-hydrogen) atoms. The van der Waals surface area contributed by atoms with Gasteiger partial charge in [0.15, 0.2) is 0 Å². The van der Waals surface area contributed by atoms with Crippen molar-refractivity contribution in [3.05, 3.63) is 23.8 Å². The summed E-state index contributed by atoms with van der Waals surface area (Å²) in [5, 5.41) is 0. The van der Waals surface area contributed by atoms with E-state index in [2.05, 4.69) is 0 Å². The van der Waals surface area contributed by atoms with Gasteiger partial charge in [0.1, 0.15) is 5.75 Å². The van der Waals surface area contributed by atoms with Gasteiger partial charge >= 0.3 is 0 Å². The molecule has 0 aliphatic rings. The maximum Gasteiger partial charge on any atom is 0.222 e. The van der Waals surface area contributed by atoms with E-state index in [0.29, 0.717) is 19.5 Å². The predicted octanol–water partition coefficient (Wildman–Crippen LogP) is 2.11. The van der Waals surface area contributed by atoms with E-state index in [1.807, 2.05) is 31.5 Å². The number of methoxy groups -OCH3 is 1. The van der Waals surface area contributed by atoms with Crippen molar-refractivity contribution < 1.29 is 9.53 Å². The van der Waals surface area contributed by atoms with Crippen molar-refractivity contribution in [1.82, 2.24) is 4.90 Å². The second-order valence-corrected chi connectivity index (χ2v) is 5.18. The summed E-state index contributed by atoms with van der Waals surface area (Å²) in [7, 11) is 3.47. The fourth-order valence-corrected chi connectivity index (χ4v) is 2.33. The normalized spacial score (nSPS) is 10.3. The Hall–Kier alpha value is -1.20. The zero-order valence-electron chi connectivity index (χ0n) is 11.8. The summed E-state index contributed by atoms with van der Waals surface area (Å²) in [5.74, 6) is 0.978. The fourth-order valence-electron chi connectivity index (χ4n) is 1.79. The minimum absolute atomic E-state index is 0.123. The van der Waals surface area contributed by atoms with E-state index >= 15 is 0 Å². The van der Waals surface area contributed by atoms with Gasteiger partial charge in [0.2, 0.25) is 5.91 Å². The molecule has 1 aromatic carbocycles. The van der Waals surface area contributed by atoms with Crippen molar-refractivity contribution in [1.29, 1.82) is 0 Å². The molecule has 0 aromatic heterocycles. The molecule has 0 aliphatic carbocycles. The molecule has 1 rings (SSSR count). The fraction of sp³-hybridized carbons (Fsp3) is 0.500. The van der Waals surface area contributed by atoms with E-state index in [9.17, 15) is 4.79 Å². The second-order valence-electron chi connectivity index (χ2n) is 4.33. The Balaban J connectivity index is 2.68. The number of thioether (sulfide) groups is 1. The van der Waals surface area contributed by atoms with Crippen LogP contribution in [-0.4, -0.2) is 37.8 Å². The first kappa shape index (κ1) is 15.9. The monoisotopic (exact) mass is 282 g/mol. The molecule has 1 amide bonds. The topological polar surface area (TPSA) is 55.6 Å². The summed E-state index contributed by atoms with van der Waals surface area (Å²) in [6.45, 7) is 1.14. The van der Waals surface area contributed by atoms with Crippen LogP contribution in [0.2, 0.25) is 0 Å². The highest BCUT2D eigenvalue weighted by atomic mass is 32.2. The SMILES string of the molecule is COc1cc(CN(C)C(=O)CCCN)ccc1SC. The van der Waals surface area contributed by atoms with Gasteiger partial charge in [-0.1, -0.05) is 6.07 Å². The molecule has 0 saturated heterocycles. The molecular formula is C14H22N2O2S. The Bertz CT molecular complexity index is 424. The van der Waals surface area contributed by atoms with Crippen LogP contribution in [0.3, 0.4) is 0 Å². The van der Waals surface area contributed by atoms with Crippen LogP contribution in [0.4, 0.5) is 0 Å². The summed E-state index contributed by atoms with van der Waals surface area (Å²) < 4.78 is 5.34. The Morgan fingerprint density at radius 3 is 2.79 bits per heavy atom. The van der Waals surface area contributed by atoms with E-state index < -0.39 is 0 Å². The van der Waals surface area contributed by atoms with Crippen LogP contribution >= 0.6 is 11.8 Å². The molecule has 0 saturated carbocycles. The number of nitrogens with zero attached hydrogens (tertiary/aromatic N) is 1. The van der Waals surface area contributed by atoms with Gasteiger partial charge < -0.3 is 15.4 Å². The highest BCUT2D eigenvalue weighted by Crippen LogP contribution is 2.28. The van der Waals surface area contributed by atoms with Crippen molar-refractivity contribution in [3.63, 3.8) is 0 Å². The van der Waals surface area contributed by atoms with Crippen LogP contribution in [0.5, 0.6) is 5.75 Å². The maximum absolute atomic E-state index is 11.8. The van der Waals surface area contributed by atoms with Crippen molar-refractivity contribution >= 4 is 17.7 Å². The smallest absolute Gasteiger partial charge is 0.222 e. The number of hydrogen-bond donors (Lipinski definition) is 1. The van der Waals surface area contributed by atoms with Crippen LogP contribution < -0.4 is 10.5 Å². The number of benzene rings is 1. The number of carbonyl (C=O) groups excluding carboxylic acids is 1. The minimum Gasteiger partial charge on any atom is -0.496 e. The third-order valence-electron chi connectivity index (χ3n) is 2.89. The van der Waals surface area contributed by atoms with E-state index in [-0.39, 0.29) is 5.91 Å². The Kier molecular flexibility index (Phi) is 6.73. The molecule has 0 atom stereocenters. The van der Waals surface area contributed by atoms with Crippen molar-refractivity contribution in [2.24, 2.45) is 5.73 Å². The second kappa shape index (κ2) is 8.07. The molecule has 4 nitrogen and oxygen atoms in total. The molecule has 0 fully saturated rings. The number of amides is 1. The molecule has 5 heteroatoms. The van der Waals surface area contributed by atoms with Crippen molar-refractivity contribution in [3.8, 4) is 5.75 Å². The van der Waals surface area contributed by atoms with Gasteiger partial charge in [0.05, 0.1) is 7.11 Å². The van der Waals surface area contributed by atoms with Gasteiger partial charge in [-0.25, -0.2) is 0 Å². The zero-order chi connectivity index (χ0) is 14.3. The standard InChI is InChI=1S/C14H22N2O2S/c1-16(14(17)5-4-8-15)10-11-6-7-13(19-3)12(9-11)18-2/h6-7,9H,4-5,8,10,15H2,1-3H3. The first-order valence-electron chi connectivity index (χ1n) is 6.27. The lowest BCUT2D eigenvalue weighted by Crippen LogP contribution is -2.26. The van der Waals surface area contributed by atoms with Gasteiger partial charge in [-0.2, -0.15) is 0 Å². The first-order valence-corrected chi connectivity index (χ1v) is 7.49. The molecule has 0 unspecified atom stereocenters. The van der Waals surface area contributed by atoms with Gasteiger partial charge in [-0.15, -0.1) is 11.8 Å². The lowest BCUT2D eigenvalue weighted by atomic mass is 10.2. The molecular weight excluding hydrogens is 260 g/mol. The summed E-state index contributed by atoms with van der Waals surface area (Å²) in [6, 6.07) is 6.04. The predicted molar refractivity (Wildman–Crippen MR) is 79.5 cm³/mol. The van der Waals surface area contributed by atoms with Gasteiger partial charge in [-0.3, -0.25) is 4.79 Å². The van der Waals surface area contributed by atoms with E-state index in [1.165, 1.54) is 0 Å². The molecule has 0 spiro atoms. The summed E-state index contributed by atoms with van der Waals surface area (Å²) in [4.78, 5) is 14.6. The quantitative estimate of drug-likeness (QED) is 0.778. The Labute approximate surface area is 119 Å². The molecule has 106 valence electrons. The van der Waals surface area contributed by atoms with Gasteiger partial charge in [0, 0.05) is 24.9 Å². The zero-order valence-corrected chi connectivity index (χ0v) is 12.6. The van der Waals surface area contributed by atoms with Gasteiger partial charge in [0.25, 0.3) is 0 Å². The van der Waals surface area contributed by atoms with Crippen molar-refractivity contribution in [2.75, 3.05) is 27.0 Å². The lowest BCUT2D eigenvalue weighted by Gasteiger charge is -2.18. The highest BCUT2D eigenvalue weighted by Gasteiger charge is 2.10.